The largest absolute Gasteiger partial charge is 0.488 e. The number of carbonyl (C=O) groups is 4. The highest BCUT2D eigenvalue weighted by atomic mass is 79.9. The van der Waals surface area contributed by atoms with Crippen LogP contribution in [-0.4, -0.2) is 28.9 Å². The SMILES string of the molecule is O=C1NC(=O)N(c2ccc(F)cc2)C(=O)/C1=C/c1ccc(OCc2cccc(C(=O)O)c2)c(Br)c1. The van der Waals surface area contributed by atoms with Gasteiger partial charge >= 0.3 is 12.0 Å². The minimum Gasteiger partial charge on any atom is -0.488 e. The van der Waals surface area contributed by atoms with Crippen LogP contribution in [0.1, 0.15) is 21.5 Å². The van der Waals surface area contributed by atoms with Gasteiger partial charge in [0.25, 0.3) is 11.8 Å². The molecule has 35 heavy (non-hydrogen) atoms. The molecule has 4 amide bonds. The molecule has 8 nitrogen and oxygen atoms in total. The Morgan fingerprint density at radius 2 is 1.80 bits per heavy atom. The Morgan fingerprint density at radius 1 is 1.06 bits per heavy atom. The number of halogens is 2. The van der Waals surface area contributed by atoms with Gasteiger partial charge in [0.15, 0.2) is 0 Å². The molecule has 10 heteroatoms. The number of anilines is 1. The van der Waals surface area contributed by atoms with Crippen LogP contribution in [0.4, 0.5) is 14.9 Å². The molecular formula is C25H16BrFN2O6. The summed E-state index contributed by atoms with van der Waals surface area (Å²) >= 11 is 3.38. The first-order chi connectivity index (χ1) is 16.7. The molecule has 1 saturated heterocycles. The summed E-state index contributed by atoms with van der Waals surface area (Å²) in [5.74, 6) is -2.82. The van der Waals surface area contributed by atoms with Crippen LogP contribution in [-0.2, 0) is 16.2 Å². The maximum Gasteiger partial charge on any atom is 0.335 e. The number of carbonyl (C=O) groups excluding carboxylic acids is 3. The maximum atomic E-state index is 13.2. The fourth-order valence-electron chi connectivity index (χ4n) is 3.33. The highest BCUT2D eigenvalue weighted by molar-refractivity contribution is 9.10. The van der Waals surface area contributed by atoms with Gasteiger partial charge in [-0.1, -0.05) is 18.2 Å². The summed E-state index contributed by atoms with van der Waals surface area (Å²) in [6, 6.07) is 15.0. The number of barbiturate groups is 1. The molecule has 0 aliphatic carbocycles. The number of aromatic carboxylic acids is 1. The highest BCUT2D eigenvalue weighted by Crippen LogP contribution is 2.29. The van der Waals surface area contributed by atoms with Crippen molar-refractivity contribution in [2.45, 2.75) is 6.61 Å². The smallest absolute Gasteiger partial charge is 0.335 e. The zero-order chi connectivity index (χ0) is 25.1. The molecule has 0 unspecified atom stereocenters. The molecule has 176 valence electrons. The molecule has 0 spiro atoms. The van der Waals surface area contributed by atoms with E-state index < -0.39 is 29.6 Å². The van der Waals surface area contributed by atoms with Crippen molar-refractivity contribution in [2.75, 3.05) is 4.90 Å². The van der Waals surface area contributed by atoms with E-state index in [0.29, 0.717) is 21.3 Å². The lowest BCUT2D eigenvalue weighted by Crippen LogP contribution is -2.54. The zero-order valence-corrected chi connectivity index (χ0v) is 19.4. The third kappa shape index (κ3) is 5.28. The van der Waals surface area contributed by atoms with Crippen molar-refractivity contribution < 1.29 is 33.4 Å². The Kier molecular flexibility index (Phi) is 6.74. The second-order valence-corrected chi connectivity index (χ2v) is 8.27. The predicted molar refractivity (Wildman–Crippen MR) is 127 cm³/mol. The first kappa shape index (κ1) is 23.8. The molecule has 3 aromatic carbocycles. The van der Waals surface area contributed by atoms with Gasteiger partial charge in [0.1, 0.15) is 23.7 Å². The average molecular weight is 539 g/mol. The van der Waals surface area contributed by atoms with E-state index in [0.717, 1.165) is 17.0 Å². The Hall–Kier alpha value is -4.31. The van der Waals surface area contributed by atoms with E-state index in [1.54, 1.807) is 30.3 Å². The Labute approximate surface area is 206 Å². The van der Waals surface area contributed by atoms with Crippen LogP contribution in [0.2, 0.25) is 0 Å². The molecule has 0 saturated carbocycles. The van der Waals surface area contributed by atoms with E-state index in [4.69, 9.17) is 9.84 Å². The summed E-state index contributed by atoms with van der Waals surface area (Å²) in [6.07, 6.45) is 1.32. The zero-order valence-electron chi connectivity index (χ0n) is 17.8. The summed E-state index contributed by atoms with van der Waals surface area (Å²) in [4.78, 5) is 49.4. The minimum atomic E-state index is -1.04. The van der Waals surface area contributed by atoms with Gasteiger partial charge in [-0.05, 0) is 81.7 Å². The molecule has 1 heterocycles. The van der Waals surface area contributed by atoms with Crippen LogP contribution in [0.5, 0.6) is 5.75 Å². The van der Waals surface area contributed by atoms with E-state index >= 15 is 0 Å². The number of imide groups is 2. The van der Waals surface area contributed by atoms with Crippen LogP contribution in [0.15, 0.2) is 76.8 Å². The maximum absolute atomic E-state index is 13.2. The predicted octanol–water partition coefficient (Wildman–Crippen LogP) is 4.53. The molecule has 0 radical (unpaired) electrons. The van der Waals surface area contributed by atoms with Crippen molar-refractivity contribution in [2.24, 2.45) is 0 Å². The third-order valence-corrected chi connectivity index (χ3v) is 5.64. The molecular weight excluding hydrogens is 523 g/mol. The van der Waals surface area contributed by atoms with Gasteiger partial charge in [-0.15, -0.1) is 0 Å². The van der Waals surface area contributed by atoms with Gasteiger partial charge in [0.05, 0.1) is 15.7 Å². The third-order valence-electron chi connectivity index (χ3n) is 5.02. The number of nitrogens with one attached hydrogen (secondary N) is 1. The average Bonchev–Trinajstić information content (AvgIpc) is 2.82. The van der Waals surface area contributed by atoms with Gasteiger partial charge in [0.2, 0.25) is 0 Å². The van der Waals surface area contributed by atoms with E-state index in [1.807, 2.05) is 0 Å². The van der Waals surface area contributed by atoms with Crippen LogP contribution in [0, 0.1) is 5.82 Å². The van der Waals surface area contributed by atoms with Crippen LogP contribution in [0.25, 0.3) is 6.08 Å². The van der Waals surface area contributed by atoms with E-state index in [2.05, 4.69) is 21.2 Å². The van der Waals surface area contributed by atoms with Gasteiger partial charge in [-0.2, -0.15) is 0 Å². The number of carboxylic acid groups (broad SMARTS) is 1. The van der Waals surface area contributed by atoms with Gasteiger partial charge in [-0.25, -0.2) is 18.9 Å². The van der Waals surface area contributed by atoms with E-state index in [9.17, 15) is 23.6 Å². The summed E-state index contributed by atoms with van der Waals surface area (Å²) in [5, 5.41) is 11.2. The van der Waals surface area contributed by atoms with Gasteiger partial charge in [-0.3, -0.25) is 14.9 Å². The summed E-state index contributed by atoms with van der Waals surface area (Å²) in [7, 11) is 0. The lowest BCUT2D eigenvalue weighted by atomic mass is 10.1. The topological polar surface area (TPSA) is 113 Å². The van der Waals surface area contributed by atoms with Crippen molar-refractivity contribution in [3.05, 3.63) is 99.3 Å². The Bertz CT molecular complexity index is 1390. The molecule has 1 aliphatic heterocycles. The minimum absolute atomic E-state index is 0.115. The molecule has 2 N–H and O–H groups in total. The second-order valence-electron chi connectivity index (χ2n) is 7.42. The number of benzene rings is 3. The molecule has 4 rings (SSSR count). The second kappa shape index (κ2) is 9.90. The molecule has 0 aromatic heterocycles. The number of nitrogens with zero attached hydrogens (tertiary/aromatic N) is 1. The number of amides is 4. The number of carboxylic acids is 1. The van der Waals surface area contributed by atoms with Gasteiger partial charge in [0, 0.05) is 0 Å². The fraction of sp³-hybridized carbons (Fsp3) is 0.0400. The van der Waals surface area contributed by atoms with Crippen LogP contribution >= 0.6 is 15.9 Å². The van der Waals surface area contributed by atoms with E-state index in [1.165, 1.54) is 30.3 Å². The van der Waals surface area contributed by atoms with E-state index in [-0.39, 0.29) is 23.4 Å². The Balaban J connectivity index is 1.54. The molecule has 1 aliphatic rings. The number of ether oxygens (including phenoxy) is 1. The summed E-state index contributed by atoms with van der Waals surface area (Å²) < 4.78 is 19.5. The molecule has 1 fully saturated rings. The number of urea groups is 1. The van der Waals surface area contributed by atoms with Crippen molar-refractivity contribution in [3.63, 3.8) is 0 Å². The highest BCUT2D eigenvalue weighted by Gasteiger charge is 2.36. The first-order valence-electron chi connectivity index (χ1n) is 10.1. The van der Waals surface area contributed by atoms with Gasteiger partial charge < -0.3 is 9.84 Å². The number of rotatable bonds is 6. The number of hydrogen-bond donors (Lipinski definition) is 2. The van der Waals surface area contributed by atoms with Crippen molar-refractivity contribution >= 4 is 51.5 Å². The normalized spacial score (nSPS) is 14.7. The molecule has 0 atom stereocenters. The number of hydrogen-bond acceptors (Lipinski definition) is 5. The monoisotopic (exact) mass is 538 g/mol. The summed E-state index contributed by atoms with van der Waals surface area (Å²) in [5.41, 5.74) is 1.13. The Morgan fingerprint density at radius 3 is 2.49 bits per heavy atom. The van der Waals surface area contributed by atoms with Crippen LogP contribution in [0.3, 0.4) is 0 Å². The van der Waals surface area contributed by atoms with Crippen LogP contribution < -0.4 is 15.0 Å². The fourth-order valence-corrected chi connectivity index (χ4v) is 3.84. The molecule has 0 bridgehead atoms. The molecule has 3 aromatic rings. The van der Waals surface area contributed by atoms with Crippen molar-refractivity contribution in [1.29, 1.82) is 0 Å². The lowest BCUT2D eigenvalue weighted by molar-refractivity contribution is -0.122. The van der Waals surface area contributed by atoms with Crippen molar-refractivity contribution in [1.82, 2.24) is 5.32 Å². The first-order valence-corrected chi connectivity index (χ1v) is 10.9. The standard InChI is InChI=1S/C25H16BrFN2O6/c26-20-12-14(4-9-21(20)35-13-15-2-1-3-16(10-15)24(32)33)11-19-22(30)28-25(34)29(23(19)31)18-7-5-17(27)6-8-18/h1-12H,13H2,(H,32,33)(H,28,30,34)/b19-11+. The quantitative estimate of drug-likeness (QED) is 0.352. The summed E-state index contributed by atoms with van der Waals surface area (Å²) in [6.45, 7) is 0.121. The lowest BCUT2D eigenvalue weighted by Gasteiger charge is -2.26. The van der Waals surface area contributed by atoms with Crippen molar-refractivity contribution in [3.8, 4) is 5.75 Å².